The summed E-state index contributed by atoms with van der Waals surface area (Å²) in [4.78, 5) is 5.17. The molecule has 58 valence electrons. The standard InChI is InChI=1S/C6H15NO.ClH/c1-4-7(5-2)8-6-3;/h4-6H2,1-3H3;1H. The van der Waals surface area contributed by atoms with Crippen molar-refractivity contribution in [1.82, 2.24) is 5.06 Å². The number of hydroxylamine groups is 2. The minimum Gasteiger partial charge on any atom is -0.299 e. The van der Waals surface area contributed by atoms with Crippen LogP contribution in [0.5, 0.6) is 0 Å². The van der Waals surface area contributed by atoms with Crippen molar-refractivity contribution in [1.29, 1.82) is 0 Å². The van der Waals surface area contributed by atoms with E-state index in [1.165, 1.54) is 0 Å². The molecule has 0 heterocycles. The molecule has 0 aromatic heterocycles. The van der Waals surface area contributed by atoms with Crippen LogP contribution in [0.2, 0.25) is 0 Å². The van der Waals surface area contributed by atoms with E-state index in [1.807, 2.05) is 12.0 Å². The molecule has 3 heteroatoms. The van der Waals surface area contributed by atoms with Crippen LogP contribution in [0.4, 0.5) is 0 Å². The van der Waals surface area contributed by atoms with Crippen molar-refractivity contribution >= 4 is 12.4 Å². The molecule has 0 spiro atoms. The van der Waals surface area contributed by atoms with Gasteiger partial charge in [0.2, 0.25) is 0 Å². The summed E-state index contributed by atoms with van der Waals surface area (Å²) in [5, 5.41) is 1.93. The Morgan fingerprint density at radius 2 is 1.56 bits per heavy atom. The van der Waals surface area contributed by atoms with Gasteiger partial charge >= 0.3 is 0 Å². The van der Waals surface area contributed by atoms with Gasteiger partial charge in [-0.15, -0.1) is 12.4 Å². The highest BCUT2D eigenvalue weighted by molar-refractivity contribution is 5.85. The molecule has 2 nitrogen and oxygen atoms in total. The van der Waals surface area contributed by atoms with Gasteiger partial charge in [-0.25, -0.2) is 0 Å². The van der Waals surface area contributed by atoms with Crippen LogP contribution in [0.3, 0.4) is 0 Å². The van der Waals surface area contributed by atoms with Gasteiger partial charge in [0, 0.05) is 13.1 Å². The van der Waals surface area contributed by atoms with Crippen LogP contribution in [-0.2, 0) is 4.84 Å². The maximum absolute atomic E-state index is 5.17. The number of nitrogens with zero attached hydrogens (tertiary/aromatic N) is 1. The third kappa shape index (κ3) is 6.09. The quantitative estimate of drug-likeness (QED) is 0.571. The maximum Gasteiger partial charge on any atom is 0.0656 e. The lowest BCUT2D eigenvalue weighted by atomic mass is 10.6. The normalized spacial score (nSPS) is 9.33. The SMILES string of the molecule is CCON(CC)CC.Cl. The number of hydrogen-bond donors (Lipinski definition) is 0. The number of halogens is 1. The number of rotatable bonds is 4. The van der Waals surface area contributed by atoms with Crippen LogP contribution >= 0.6 is 12.4 Å². The van der Waals surface area contributed by atoms with Crippen molar-refractivity contribution in [3.8, 4) is 0 Å². The molecule has 0 radical (unpaired) electrons. The first-order valence-electron chi connectivity index (χ1n) is 3.23. The fraction of sp³-hybridized carbons (Fsp3) is 1.00. The smallest absolute Gasteiger partial charge is 0.0656 e. The van der Waals surface area contributed by atoms with E-state index >= 15 is 0 Å². The molecule has 0 aromatic rings. The Kier molecular flexibility index (Phi) is 10.9. The molecule has 0 aliphatic carbocycles. The predicted octanol–water partition coefficient (Wildman–Crippen LogP) is 1.70. The molecule has 0 amide bonds. The maximum atomic E-state index is 5.17. The van der Waals surface area contributed by atoms with Gasteiger partial charge in [0.25, 0.3) is 0 Å². The Balaban J connectivity index is 0. The lowest BCUT2D eigenvalue weighted by Crippen LogP contribution is -2.22. The first-order valence-corrected chi connectivity index (χ1v) is 3.23. The summed E-state index contributed by atoms with van der Waals surface area (Å²) >= 11 is 0. The zero-order valence-corrected chi connectivity index (χ0v) is 7.20. The van der Waals surface area contributed by atoms with Crippen molar-refractivity contribution < 1.29 is 4.84 Å². The van der Waals surface area contributed by atoms with E-state index in [0.29, 0.717) is 0 Å². The molecule has 0 bridgehead atoms. The number of hydrogen-bond acceptors (Lipinski definition) is 2. The fourth-order valence-electron chi connectivity index (χ4n) is 0.589. The van der Waals surface area contributed by atoms with E-state index in [9.17, 15) is 0 Å². The second kappa shape index (κ2) is 8.21. The monoisotopic (exact) mass is 153 g/mol. The highest BCUT2D eigenvalue weighted by Gasteiger charge is 1.93. The Morgan fingerprint density at radius 3 is 1.67 bits per heavy atom. The van der Waals surface area contributed by atoms with Crippen molar-refractivity contribution in [2.45, 2.75) is 20.8 Å². The third-order valence-corrected chi connectivity index (χ3v) is 1.02. The van der Waals surface area contributed by atoms with Gasteiger partial charge in [0.15, 0.2) is 0 Å². The summed E-state index contributed by atoms with van der Waals surface area (Å²) in [5.41, 5.74) is 0. The highest BCUT2D eigenvalue weighted by Crippen LogP contribution is 1.85. The van der Waals surface area contributed by atoms with Crippen LogP contribution in [0, 0.1) is 0 Å². The summed E-state index contributed by atoms with van der Waals surface area (Å²) in [7, 11) is 0. The largest absolute Gasteiger partial charge is 0.299 e. The average molecular weight is 154 g/mol. The van der Waals surface area contributed by atoms with Crippen molar-refractivity contribution in [3.63, 3.8) is 0 Å². The summed E-state index contributed by atoms with van der Waals surface area (Å²) < 4.78 is 0. The first kappa shape index (κ1) is 11.9. The van der Waals surface area contributed by atoms with Crippen molar-refractivity contribution in [3.05, 3.63) is 0 Å². The molecule has 0 aromatic carbocycles. The second-order valence-electron chi connectivity index (χ2n) is 1.53. The Morgan fingerprint density at radius 1 is 1.11 bits per heavy atom. The Bertz CT molecular complexity index is 48.3. The van der Waals surface area contributed by atoms with Crippen molar-refractivity contribution in [2.24, 2.45) is 0 Å². The molecule has 0 rings (SSSR count). The van der Waals surface area contributed by atoms with Gasteiger partial charge < -0.3 is 0 Å². The summed E-state index contributed by atoms with van der Waals surface area (Å²) in [6, 6.07) is 0. The van der Waals surface area contributed by atoms with Gasteiger partial charge in [-0.05, 0) is 6.92 Å². The van der Waals surface area contributed by atoms with E-state index in [2.05, 4.69) is 13.8 Å². The van der Waals surface area contributed by atoms with Gasteiger partial charge in [0.1, 0.15) is 0 Å². The molecule has 0 saturated heterocycles. The Hall–Kier alpha value is 0.210. The molecule has 0 N–H and O–H groups in total. The molecular formula is C6H16ClNO. The van der Waals surface area contributed by atoms with E-state index in [4.69, 9.17) is 4.84 Å². The van der Waals surface area contributed by atoms with Gasteiger partial charge in [-0.1, -0.05) is 13.8 Å². The molecular weight excluding hydrogens is 138 g/mol. The molecule has 0 unspecified atom stereocenters. The predicted molar refractivity (Wildman–Crippen MR) is 41.8 cm³/mol. The van der Waals surface area contributed by atoms with Crippen LogP contribution in [0.1, 0.15) is 20.8 Å². The molecule has 0 aliphatic heterocycles. The van der Waals surface area contributed by atoms with Gasteiger partial charge in [-0.3, -0.25) is 4.84 Å². The first-order chi connectivity index (χ1) is 3.85. The lowest BCUT2D eigenvalue weighted by molar-refractivity contribution is -0.147. The minimum atomic E-state index is 0. The van der Waals surface area contributed by atoms with Crippen LogP contribution in [-0.4, -0.2) is 24.8 Å². The molecule has 0 saturated carbocycles. The molecule has 0 atom stereocenters. The summed E-state index contributed by atoms with van der Waals surface area (Å²) in [6.07, 6.45) is 0. The average Bonchev–Trinajstić information content (AvgIpc) is 1.83. The highest BCUT2D eigenvalue weighted by atomic mass is 35.5. The fourth-order valence-corrected chi connectivity index (χ4v) is 0.589. The van der Waals surface area contributed by atoms with Crippen LogP contribution in [0.15, 0.2) is 0 Å². The summed E-state index contributed by atoms with van der Waals surface area (Å²) in [6.45, 7) is 8.90. The summed E-state index contributed by atoms with van der Waals surface area (Å²) in [5.74, 6) is 0. The molecule has 9 heavy (non-hydrogen) atoms. The van der Waals surface area contributed by atoms with Crippen molar-refractivity contribution in [2.75, 3.05) is 19.7 Å². The third-order valence-electron chi connectivity index (χ3n) is 1.02. The van der Waals surface area contributed by atoms with E-state index in [1.54, 1.807) is 0 Å². The van der Waals surface area contributed by atoms with E-state index in [0.717, 1.165) is 19.7 Å². The van der Waals surface area contributed by atoms with Crippen LogP contribution < -0.4 is 0 Å². The lowest BCUT2D eigenvalue weighted by Gasteiger charge is -2.15. The topological polar surface area (TPSA) is 12.5 Å². The zero-order valence-electron chi connectivity index (χ0n) is 6.39. The van der Waals surface area contributed by atoms with Crippen LogP contribution in [0.25, 0.3) is 0 Å². The molecule has 0 aliphatic rings. The van der Waals surface area contributed by atoms with Gasteiger partial charge in [-0.2, -0.15) is 5.06 Å². The Labute approximate surface area is 63.5 Å². The second-order valence-corrected chi connectivity index (χ2v) is 1.53. The van der Waals surface area contributed by atoms with E-state index < -0.39 is 0 Å². The zero-order chi connectivity index (χ0) is 6.41. The molecule has 0 fully saturated rings. The van der Waals surface area contributed by atoms with Gasteiger partial charge in [0.05, 0.1) is 6.61 Å². The van der Waals surface area contributed by atoms with E-state index in [-0.39, 0.29) is 12.4 Å². The minimum absolute atomic E-state index is 0.